The Kier molecular flexibility index (Phi) is 6.34. The highest BCUT2D eigenvalue weighted by Crippen LogP contribution is 2.41. The van der Waals surface area contributed by atoms with Gasteiger partial charge in [-0.25, -0.2) is 12.8 Å². The first-order chi connectivity index (χ1) is 16.9. The Labute approximate surface area is 205 Å². The molecule has 8 heteroatoms. The van der Waals surface area contributed by atoms with Gasteiger partial charge in [0.1, 0.15) is 5.82 Å². The molecule has 1 N–H and O–H groups in total. The molecule has 0 unspecified atom stereocenters. The van der Waals surface area contributed by atoms with E-state index in [9.17, 15) is 17.6 Å². The van der Waals surface area contributed by atoms with E-state index < -0.39 is 15.6 Å². The number of benzene rings is 3. The maximum atomic E-state index is 13.4. The number of carbonyl (C=O) groups excluding carboxylic acids is 1. The van der Waals surface area contributed by atoms with Gasteiger partial charge in [-0.15, -0.1) is 0 Å². The van der Waals surface area contributed by atoms with Crippen molar-refractivity contribution < 1.29 is 17.6 Å². The number of sulfonamides is 1. The molecule has 1 saturated heterocycles. The summed E-state index contributed by atoms with van der Waals surface area (Å²) in [5, 5.41) is 3.17. The second-order valence-corrected chi connectivity index (χ2v) is 11.1. The third-order valence-corrected chi connectivity index (χ3v) is 8.95. The number of halogens is 1. The predicted octanol–water partition coefficient (Wildman–Crippen LogP) is 4.15. The van der Waals surface area contributed by atoms with Gasteiger partial charge in [-0.05, 0) is 67.3 Å². The molecule has 0 aromatic heterocycles. The van der Waals surface area contributed by atoms with Gasteiger partial charge in [0, 0.05) is 37.4 Å². The zero-order valence-electron chi connectivity index (χ0n) is 19.4. The van der Waals surface area contributed by atoms with Crippen LogP contribution in [0.15, 0.2) is 83.8 Å². The molecular formula is C27H28FN3O3S. The normalized spacial score (nSPS) is 18.0. The van der Waals surface area contributed by atoms with Crippen LogP contribution >= 0.6 is 0 Å². The second-order valence-electron chi connectivity index (χ2n) is 9.15. The number of rotatable bonds is 6. The van der Waals surface area contributed by atoms with Gasteiger partial charge in [-0.1, -0.05) is 36.4 Å². The first-order valence-electron chi connectivity index (χ1n) is 11.9. The van der Waals surface area contributed by atoms with Gasteiger partial charge in [0.25, 0.3) is 5.91 Å². The van der Waals surface area contributed by atoms with Crippen molar-refractivity contribution in [3.05, 3.63) is 95.8 Å². The minimum Gasteiger partial charge on any atom is -0.369 e. The van der Waals surface area contributed by atoms with Crippen molar-refractivity contribution in [2.45, 2.75) is 29.7 Å². The summed E-state index contributed by atoms with van der Waals surface area (Å²) in [5.41, 5.74) is 1.87. The quantitative estimate of drug-likeness (QED) is 0.560. The van der Waals surface area contributed by atoms with E-state index in [0.717, 1.165) is 30.5 Å². The number of hydrogen-bond donors (Lipinski definition) is 1. The molecule has 35 heavy (non-hydrogen) atoms. The van der Waals surface area contributed by atoms with Crippen LogP contribution in [0, 0.1) is 5.82 Å². The molecule has 0 bridgehead atoms. The highest BCUT2D eigenvalue weighted by molar-refractivity contribution is 7.89. The maximum absolute atomic E-state index is 13.4. The zero-order chi connectivity index (χ0) is 24.5. The molecule has 1 amide bonds. The van der Waals surface area contributed by atoms with Crippen LogP contribution in [0.25, 0.3) is 0 Å². The second kappa shape index (κ2) is 9.43. The molecule has 2 fully saturated rings. The van der Waals surface area contributed by atoms with Crippen molar-refractivity contribution in [1.29, 1.82) is 0 Å². The topological polar surface area (TPSA) is 69.7 Å². The van der Waals surface area contributed by atoms with Crippen LogP contribution in [0.1, 0.15) is 35.2 Å². The van der Waals surface area contributed by atoms with E-state index in [2.05, 4.69) is 5.32 Å². The molecule has 1 aliphatic heterocycles. The molecule has 3 aromatic rings. The molecule has 182 valence electrons. The Morgan fingerprint density at radius 2 is 1.54 bits per heavy atom. The number of amides is 1. The lowest BCUT2D eigenvalue weighted by atomic mass is 9.71. The molecule has 1 aliphatic carbocycles. The zero-order valence-corrected chi connectivity index (χ0v) is 20.2. The third-order valence-electron chi connectivity index (χ3n) is 7.05. The Hall–Kier alpha value is -3.23. The highest BCUT2D eigenvalue weighted by atomic mass is 32.2. The summed E-state index contributed by atoms with van der Waals surface area (Å²) in [4.78, 5) is 15.3. The molecule has 1 saturated carbocycles. The van der Waals surface area contributed by atoms with E-state index in [1.165, 1.54) is 28.6 Å². The molecule has 6 nitrogen and oxygen atoms in total. The van der Waals surface area contributed by atoms with Crippen molar-refractivity contribution in [1.82, 2.24) is 9.62 Å². The van der Waals surface area contributed by atoms with E-state index in [-0.39, 0.29) is 16.6 Å². The predicted molar refractivity (Wildman–Crippen MR) is 133 cm³/mol. The summed E-state index contributed by atoms with van der Waals surface area (Å²) in [7, 11) is -3.75. The SMILES string of the molecule is O=C(NC1(c2ccccc2)CCC1)c1cccc(S(=O)(=O)N2CCN(c3ccc(F)cc3)CC2)c1. The van der Waals surface area contributed by atoms with Gasteiger partial charge in [0.2, 0.25) is 10.0 Å². The lowest BCUT2D eigenvalue weighted by Crippen LogP contribution is -2.50. The van der Waals surface area contributed by atoms with Crippen LogP contribution in [0.5, 0.6) is 0 Å². The summed E-state index contributed by atoms with van der Waals surface area (Å²) in [6.45, 7) is 1.63. The van der Waals surface area contributed by atoms with Crippen LogP contribution in [0.3, 0.4) is 0 Å². The van der Waals surface area contributed by atoms with Gasteiger partial charge in [-0.2, -0.15) is 4.31 Å². The van der Waals surface area contributed by atoms with Crippen LogP contribution in [-0.2, 0) is 15.6 Å². The first-order valence-corrected chi connectivity index (χ1v) is 13.3. The van der Waals surface area contributed by atoms with E-state index >= 15 is 0 Å². The number of anilines is 1. The van der Waals surface area contributed by atoms with Gasteiger partial charge in [0.05, 0.1) is 10.4 Å². The summed E-state index contributed by atoms with van der Waals surface area (Å²) < 4.78 is 41.4. The van der Waals surface area contributed by atoms with E-state index in [0.29, 0.717) is 31.7 Å². The largest absolute Gasteiger partial charge is 0.369 e. The van der Waals surface area contributed by atoms with E-state index in [1.807, 2.05) is 35.2 Å². The Bertz CT molecular complexity index is 1300. The molecule has 3 aromatic carbocycles. The monoisotopic (exact) mass is 493 g/mol. The number of nitrogens with one attached hydrogen (secondary N) is 1. The first kappa shape index (κ1) is 23.5. The van der Waals surface area contributed by atoms with Crippen molar-refractivity contribution >= 4 is 21.6 Å². The summed E-state index contributed by atoms with van der Waals surface area (Å²) in [5.74, 6) is -0.572. The molecule has 0 radical (unpaired) electrons. The number of hydrogen-bond acceptors (Lipinski definition) is 4. The van der Waals surface area contributed by atoms with Crippen LogP contribution in [0.4, 0.5) is 10.1 Å². The van der Waals surface area contributed by atoms with Crippen LogP contribution < -0.4 is 10.2 Å². The number of piperazine rings is 1. The van der Waals surface area contributed by atoms with Crippen molar-refractivity contribution in [3.8, 4) is 0 Å². The van der Waals surface area contributed by atoms with E-state index in [1.54, 1.807) is 24.3 Å². The number of carbonyl (C=O) groups is 1. The smallest absolute Gasteiger partial charge is 0.252 e. The third kappa shape index (κ3) is 4.68. The minimum atomic E-state index is -3.75. The van der Waals surface area contributed by atoms with Gasteiger partial charge in [-0.3, -0.25) is 4.79 Å². The van der Waals surface area contributed by atoms with E-state index in [4.69, 9.17) is 0 Å². The molecule has 2 aliphatic rings. The maximum Gasteiger partial charge on any atom is 0.252 e. The highest BCUT2D eigenvalue weighted by Gasteiger charge is 2.40. The molecule has 1 heterocycles. The van der Waals surface area contributed by atoms with Crippen molar-refractivity contribution in [2.24, 2.45) is 0 Å². The Balaban J connectivity index is 1.29. The lowest BCUT2D eigenvalue weighted by Gasteiger charge is -2.43. The Morgan fingerprint density at radius 3 is 2.17 bits per heavy atom. The summed E-state index contributed by atoms with van der Waals surface area (Å²) >= 11 is 0. The summed E-state index contributed by atoms with van der Waals surface area (Å²) in [6.07, 6.45) is 2.76. The Morgan fingerprint density at radius 1 is 0.857 bits per heavy atom. The van der Waals surface area contributed by atoms with Crippen molar-refractivity contribution in [2.75, 3.05) is 31.1 Å². The fraction of sp³-hybridized carbons (Fsp3) is 0.296. The van der Waals surface area contributed by atoms with Gasteiger partial charge >= 0.3 is 0 Å². The van der Waals surface area contributed by atoms with Gasteiger partial charge in [0.15, 0.2) is 0 Å². The van der Waals surface area contributed by atoms with Gasteiger partial charge < -0.3 is 10.2 Å². The molecule has 0 spiro atoms. The molecule has 5 rings (SSSR count). The number of nitrogens with zero attached hydrogens (tertiary/aromatic N) is 2. The molecular weight excluding hydrogens is 465 g/mol. The average Bonchev–Trinajstić information content (AvgIpc) is 2.87. The molecule has 0 atom stereocenters. The standard InChI is InChI=1S/C27H28FN3O3S/c28-23-10-12-24(13-11-23)30-16-18-31(19-17-30)35(33,34)25-9-4-6-21(20-25)26(32)29-27(14-5-15-27)22-7-2-1-3-8-22/h1-4,6-13,20H,5,14-19H2,(H,29,32). The lowest BCUT2D eigenvalue weighted by molar-refractivity contribution is 0.0823. The van der Waals surface area contributed by atoms with Crippen LogP contribution in [-0.4, -0.2) is 44.8 Å². The summed E-state index contributed by atoms with van der Waals surface area (Å²) in [6, 6.07) is 22.4. The van der Waals surface area contributed by atoms with Crippen LogP contribution in [0.2, 0.25) is 0 Å². The minimum absolute atomic E-state index is 0.114. The average molecular weight is 494 g/mol. The fourth-order valence-electron chi connectivity index (χ4n) is 4.85. The van der Waals surface area contributed by atoms with Crippen molar-refractivity contribution in [3.63, 3.8) is 0 Å². The fourth-order valence-corrected chi connectivity index (χ4v) is 6.32.